The van der Waals surface area contributed by atoms with Crippen molar-refractivity contribution in [3.05, 3.63) is 23.8 Å². The largest absolute Gasteiger partial charge is 0.467 e. The number of esters is 1. The third-order valence-corrected chi connectivity index (χ3v) is 4.28. The second kappa shape index (κ2) is 6.42. The molecule has 1 aliphatic rings. The van der Waals surface area contributed by atoms with Crippen LogP contribution >= 0.6 is 0 Å². The molecule has 1 unspecified atom stereocenters. The van der Waals surface area contributed by atoms with Gasteiger partial charge in [-0.1, -0.05) is 6.92 Å². The molecule has 0 aliphatic heterocycles. The van der Waals surface area contributed by atoms with E-state index in [0.29, 0.717) is 18.9 Å². The fourth-order valence-electron chi connectivity index (χ4n) is 2.41. The van der Waals surface area contributed by atoms with Gasteiger partial charge in [0.1, 0.15) is 5.54 Å². The maximum atomic E-state index is 12.9. The van der Waals surface area contributed by atoms with E-state index in [1.807, 2.05) is 13.8 Å². The first-order valence-electron chi connectivity index (χ1n) is 7.62. The van der Waals surface area contributed by atoms with Gasteiger partial charge in [0, 0.05) is 18.4 Å². The zero-order valence-corrected chi connectivity index (χ0v) is 13.6. The van der Waals surface area contributed by atoms with Crippen LogP contribution < -0.4 is 0 Å². The van der Waals surface area contributed by atoms with Crippen LogP contribution in [0.5, 0.6) is 0 Å². The van der Waals surface area contributed by atoms with E-state index in [0.717, 1.165) is 18.5 Å². The molecule has 1 aliphatic carbocycles. The molecule has 0 spiro atoms. The van der Waals surface area contributed by atoms with Gasteiger partial charge in [0.2, 0.25) is 5.82 Å². The number of amides is 1. The molecule has 6 heteroatoms. The molecule has 0 radical (unpaired) electrons. The number of methoxy groups -OCH3 is 1. The lowest BCUT2D eigenvalue weighted by atomic mass is 9.95. The monoisotopic (exact) mass is 305 g/mol. The smallest absolute Gasteiger partial charge is 0.331 e. The molecular formula is C16H23N3O3. The maximum Gasteiger partial charge on any atom is 0.331 e. The predicted octanol–water partition coefficient (Wildman–Crippen LogP) is 1.98. The van der Waals surface area contributed by atoms with Crippen molar-refractivity contribution in [2.45, 2.75) is 45.6 Å². The molecule has 1 saturated carbocycles. The van der Waals surface area contributed by atoms with Crippen molar-refractivity contribution in [1.82, 2.24) is 14.9 Å². The molecule has 22 heavy (non-hydrogen) atoms. The fraction of sp³-hybridized carbons (Fsp3) is 0.625. The molecule has 120 valence electrons. The molecule has 1 heterocycles. The Bertz CT molecular complexity index is 572. The van der Waals surface area contributed by atoms with Crippen molar-refractivity contribution in [2.24, 2.45) is 5.92 Å². The average molecular weight is 305 g/mol. The number of aromatic nitrogens is 2. The lowest BCUT2D eigenvalue weighted by Gasteiger charge is -2.38. The second-order valence-corrected chi connectivity index (χ2v) is 6.00. The molecule has 1 atom stereocenters. The first-order chi connectivity index (χ1) is 10.4. The first kappa shape index (κ1) is 16.4. The number of hydrogen-bond donors (Lipinski definition) is 0. The van der Waals surface area contributed by atoms with E-state index in [9.17, 15) is 9.59 Å². The fourth-order valence-corrected chi connectivity index (χ4v) is 2.41. The highest BCUT2D eigenvalue weighted by Gasteiger charge is 2.44. The minimum absolute atomic E-state index is 0.129. The number of aryl methyl sites for hydroxylation is 1. The van der Waals surface area contributed by atoms with Gasteiger partial charge in [-0.15, -0.1) is 0 Å². The van der Waals surface area contributed by atoms with E-state index in [1.165, 1.54) is 7.11 Å². The Labute approximate surface area is 130 Å². The van der Waals surface area contributed by atoms with Crippen LogP contribution in [-0.4, -0.2) is 45.9 Å². The molecule has 0 bridgehead atoms. The van der Waals surface area contributed by atoms with Crippen molar-refractivity contribution in [1.29, 1.82) is 0 Å². The van der Waals surface area contributed by atoms with E-state index in [4.69, 9.17) is 4.74 Å². The van der Waals surface area contributed by atoms with E-state index < -0.39 is 11.5 Å². The summed E-state index contributed by atoms with van der Waals surface area (Å²) in [5.41, 5.74) is -0.275. The van der Waals surface area contributed by atoms with Crippen molar-refractivity contribution < 1.29 is 14.3 Å². The van der Waals surface area contributed by atoms with E-state index >= 15 is 0 Å². The van der Waals surface area contributed by atoms with Gasteiger partial charge >= 0.3 is 5.97 Å². The third-order valence-electron chi connectivity index (χ3n) is 4.28. The number of hydrogen-bond acceptors (Lipinski definition) is 5. The van der Waals surface area contributed by atoms with Gasteiger partial charge in [0.25, 0.3) is 5.91 Å². The number of ether oxygens (including phenoxy) is 1. The zero-order valence-electron chi connectivity index (χ0n) is 13.6. The molecule has 1 aromatic rings. The summed E-state index contributed by atoms with van der Waals surface area (Å²) in [4.78, 5) is 35.0. The quantitative estimate of drug-likeness (QED) is 0.751. The highest BCUT2D eigenvalue weighted by Crippen LogP contribution is 2.34. The minimum atomic E-state index is -0.998. The Morgan fingerprint density at radius 1 is 1.45 bits per heavy atom. The average Bonchev–Trinajstić information content (AvgIpc) is 3.34. The third kappa shape index (κ3) is 3.26. The van der Waals surface area contributed by atoms with Crippen LogP contribution in [0.3, 0.4) is 0 Å². The normalized spacial score (nSPS) is 16.7. The summed E-state index contributed by atoms with van der Waals surface area (Å²) in [5.74, 6) is -0.143. The summed E-state index contributed by atoms with van der Waals surface area (Å²) in [6.45, 7) is 5.97. The van der Waals surface area contributed by atoms with Gasteiger partial charge in [-0.3, -0.25) is 4.79 Å². The number of carbonyl (C=O) groups excluding carboxylic acids is 2. The second-order valence-electron chi connectivity index (χ2n) is 6.00. The van der Waals surface area contributed by atoms with Gasteiger partial charge in [0.05, 0.1) is 7.11 Å². The zero-order chi connectivity index (χ0) is 16.3. The lowest BCUT2D eigenvalue weighted by molar-refractivity contribution is -0.153. The van der Waals surface area contributed by atoms with Gasteiger partial charge in [-0.25, -0.2) is 14.8 Å². The summed E-state index contributed by atoms with van der Waals surface area (Å²) in [7, 11) is 1.35. The molecule has 0 saturated heterocycles. The lowest BCUT2D eigenvalue weighted by Crippen LogP contribution is -2.56. The van der Waals surface area contributed by atoms with E-state index in [-0.39, 0.29) is 11.7 Å². The topological polar surface area (TPSA) is 72.4 Å². The van der Waals surface area contributed by atoms with Crippen molar-refractivity contribution in [2.75, 3.05) is 13.7 Å². The molecule has 6 nitrogen and oxygen atoms in total. The molecule has 1 fully saturated rings. The van der Waals surface area contributed by atoms with Gasteiger partial charge in [-0.05, 0) is 45.1 Å². The standard InChI is InChI=1S/C16H23N3O3/c1-5-16(3,15(21)22-4)19(10-12-6-7-12)14(20)13-17-9-8-11(2)18-13/h8-9,12H,5-7,10H2,1-4H3. The molecule has 0 aromatic carbocycles. The summed E-state index contributed by atoms with van der Waals surface area (Å²) in [5, 5.41) is 0. The summed E-state index contributed by atoms with van der Waals surface area (Å²) in [6, 6.07) is 1.74. The Balaban J connectivity index is 2.36. The van der Waals surface area contributed by atoms with E-state index in [1.54, 1.807) is 24.1 Å². The van der Waals surface area contributed by atoms with Crippen LogP contribution in [0.15, 0.2) is 12.3 Å². The van der Waals surface area contributed by atoms with Crippen molar-refractivity contribution in [3.63, 3.8) is 0 Å². The highest BCUT2D eigenvalue weighted by molar-refractivity contribution is 5.95. The van der Waals surface area contributed by atoms with Gasteiger partial charge in [0.15, 0.2) is 0 Å². The Morgan fingerprint density at radius 2 is 2.14 bits per heavy atom. The summed E-state index contributed by atoms with van der Waals surface area (Å²) >= 11 is 0. The SMILES string of the molecule is CCC(C)(C(=O)OC)N(CC1CC1)C(=O)c1nccc(C)n1. The number of rotatable bonds is 6. The number of nitrogens with zero attached hydrogens (tertiary/aromatic N) is 3. The van der Waals surface area contributed by atoms with Crippen LogP contribution in [0, 0.1) is 12.8 Å². The van der Waals surface area contributed by atoms with Crippen LogP contribution in [0.1, 0.15) is 49.4 Å². The van der Waals surface area contributed by atoms with Crippen LogP contribution in [0.4, 0.5) is 0 Å². The Morgan fingerprint density at radius 3 is 2.64 bits per heavy atom. The minimum Gasteiger partial charge on any atom is -0.467 e. The summed E-state index contributed by atoms with van der Waals surface area (Å²) < 4.78 is 4.93. The molecule has 1 aromatic heterocycles. The van der Waals surface area contributed by atoms with Crippen LogP contribution in [0.2, 0.25) is 0 Å². The predicted molar refractivity (Wildman–Crippen MR) is 81.2 cm³/mol. The van der Waals surface area contributed by atoms with Gasteiger partial charge in [-0.2, -0.15) is 0 Å². The maximum absolute atomic E-state index is 12.9. The molecule has 2 rings (SSSR count). The molecule has 1 amide bonds. The van der Waals surface area contributed by atoms with E-state index in [2.05, 4.69) is 9.97 Å². The summed E-state index contributed by atoms with van der Waals surface area (Å²) in [6.07, 6.45) is 4.20. The van der Waals surface area contributed by atoms with Gasteiger partial charge < -0.3 is 9.64 Å². The number of carbonyl (C=O) groups is 2. The Kier molecular flexibility index (Phi) is 4.78. The van der Waals surface area contributed by atoms with Crippen molar-refractivity contribution in [3.8, 4) is 0 Å². The molecular weight excluding hydrogens is 282 g/mol. The molecule has 0 N–H and O–H groups in total. The van der Waals surface area contributed by atoms with Crippen LogP contribution in [0.25, 0.3) is 0 Å². The Hall–Kier alpha value is -1.98. The first-order valence-corrected chi connectivity index (χ1v) is 7.62. The van der Waals surface area contributed by atoms with Crippen LogP contribution in [-0.2, 0) is 9.53 Å². The van der Waals surface area contributed by atoms with Crippen molar-refractivity contribution >= 4 is 11.9 Å². The highest BCUT2D eigenvalue weighted by atomic mass is 16.5.